The van der Waals surface area contributed by atoms with E-state index in [-0.39, 0.29) is 30.0 Å². The average molecular weight is 516 g/mol. The van der Waals surface area contributed by atoms with Crippen LogP contribution in [0.15, 0.2) is 52.1 Å². The number of furan rings is 1. The van der Waals surface area contributed by atoms with Crippen molar-refractivity contribution in [3.05, 3.63) is 54.0 Å². The minimum Gasteiger partial charge on any atom is -0.496 e. The van der Waals surface area contributed by atoms with Crippen LogP contribution in [0, 0.1) is 0 Å². The molecule has 2 N–H and O–H groups in total. The number of para-hydroxylation sites is 1. The van der Waals surface area contributed by atoms with Crippen molar-refractivity contribution in [3.63, 3.8) is 0 Å². The van der Waals surface area contributed by atoms with E-state index in [0.717, 1.165) is 36.0 Å². The summed E-state index contributed by atoms with van der Waals surface area (Å²) in [7, 11) is 7.60. The third-order valence-electron chi connectivity index (χ3n) is 4.39. The fourth-order valence-electron chi connectivity index (χ4n) is 2.87. The Morgan fingerprint density at radius 3 is 2.62 bits per heavy atom. The molecule has 1 unspecified atom stereocenters. The quantitative estimate of drug-likeness (QED) is 0.207. The molecule has 0 saturated heterocycles. The lowest BCUT2D eigenvalue weighted by Crippen LogP contribution is -2.42. The molecule has 162 valence electrons. The molecule has 0 aliphatic carbocycles. The standard InChI is InChI=1S/C21H32N4O3.HI/c1-22-21(23-12-8-13-27-16-17-9-7-14-28-17)24-15-19(25(2)3)18-10-5-6-11-20(18)26-4;/h5-7,9-11,14,19H,8,12-13,15-16H2,1-4H3,(H2,22,23,24);1H. The van der Waals surface area contributed by atoms with Crippen LogP contribution in [0.3, 0.4) is 0 Å². The monoisotopic (exact) mass is 516 g/mol. The highest BCUT2D eigenvalue weighted by atomic mass is 127. The van der Waals surface area contributed by atoms with Crippen molar-refractivity contribution >= 4 is 29.9 Å². The first-order chi connectivity index (χ1) is 13.7. The number of hydrogen-bond acceptors (Lipinski definition) is 5. The molecule has 0 spiro atoms. The lowest BCUT2D eigenvalue weighted by molar-refractivity contribution is 0.105. The normalized spacial score (nSPS) is 12.4. The van der Waals surface area contributed by atoms with E-state index < -0.39 is 0 Å². The van der Waals surface area contributed by atoms with Crippen LogP contribution in [0.1, 0.15) is 23.8 Å². The van der Waals surface area contributed by atoms with Crippen LogP contribution < -0.4 is 15.4 Å². The molecule has 7 nitrogen and oxygen atoms in total. The molecule has 1 aromatic heterocycles. The molecule has 0 amide bonds. The van der Waals surface area contributed by atoms with Crippen molar-refractivity contribution in [2.24, 2.45) is 4.99 Å². The van der Waals surface area contributed by atoms with Gasteiger partial charge in [-0.05, 0) is 38.7 Å². The van der Waals surface area contributed by atoms with Crippen LogP contribution in [0.25, 0.3) is 0 Å². The number of benzene rings is 1. The molecule has 0 radical (unpaired) electrons. The number of ether oxygens (including phenoxy) is 2. The second kappa shape index (κ2) is 14.2. The van der Waals surface area contributed by atoms with Gasteiger partial charge >= 0.3 is 0 Å². The highest BCUT2D eigenvalue weighted by Crippen LogP contribution is 2.27. The van der Waals surface area contributed by atoms with Crippen LogP contribution in [-0.4, -0.2) is 58.8 Å². The zero-order chi connectivity index (χ0) is 20.2. The zero-order valence-corrected chi connectivity index (χ0v) is 20.0. The molecule has 0 bridgehead atoms. The van der Waals surface area contributed by atoms with Crippen LogP contribution in [0.5, 0.6) is 5.75 Å². The lowest BCUT2D eigenvalue weighted by atomic mass is 10.0. The summed E-state index contributed by atoms with van der Waals surface area (Å²) in [6.45, 7) is 2.65. The van der Waals surface area contributed by atoms with Crippen LogP contribution >= 0.6 is 24.0 Å². The van der Waals surface area contributed by atoms with Gasteiger partial charge in [-0.3, -0.25) is 4.99 Å². The van der Waals surface area contributed by atoms with Gasteiger partial charge in [-0.2, -0.15) is 0 Å². The van der Waals surface area contributed by atoms with Crippen molar-refractivity contribution < 1.29 is 13.9 Å². The number of guanidine groups is 1. The average Bonchev–Trinajstić information content (AvgIpc) is 3.22. The van der Waals surface area contributed by atoms with E-state index in [1.165, 1.54) is 0 Å². The SMILES string of the molecule is CN=C(NCCCOCc1ccco1)NCC(c1ccccc1OC)N(C)C.I. The van der Waals surface area contributed by atoms with E-state index >= 15 is 0 Å². The fraction of sp³-hybridized carbons (Fsp3) is 0.476. The molecule has 0 aliphatic rings. The summed E-state index contributed by atoms with van der Waals surface area (Å²) >= 11 is 0. The first kappa shape index (κ1) is 25.3. The van der Waals surface area contributed by atoms with Crippen molar-refractivity contribution in [3.8, 4) is 5.75 Å². The molecular formula is C21H33IN4O3. The second-order valence-corrected chi connectivity index (χ2v) is 6.59. The highest BCUT2D eigenvalue weighted by Gasteiger charge is 2.18. The highest BCUT2D eigenvalue weighted by molar-refractivity contribution is 14.0. The fourth-order valence-corrected chi connectivity index (χ4v) is 2.87. The van der Waals surface area contributed by atoms with Crippen molar-refractivity contribution in [2.75, 3.05) is 47.9 Å². The Kier molecular flexibility index (Phi) is 12.4. The van der Waals surface area contributed by atoms with Gasteiger partial charge in [-0.25, -0.2) is 0 Å². The van der Waals surface area contributed by atoms with Crippen LogP contribution in [0.4, 0.5) is 0 Å². The number of likely N-dealkylation sites (N-methyl/N-ethyl adjacent to an activating group) is 1. The van der Waals surface area contributed by atoms with Crippen LogP contribution in [0.2, 0.25) is 0 Å². The Labute approximate surface area is 190 Å². The first-order valence-electron chi connectivity index (χ1n) is 9.49. The molecule has 0 fully saturated rings. The number of hydrogen-bond donors (Lipinski definition) is 2. The summed E-state index contributed by atoms with van der Waals surface area (Å²) in [4.78, 5) is 6.47. The number of halogens is 1. The molecule has 0 aliphatic heterocycles. The molecule has 1 atom stereocenters. The minimum absolute atomic E-state index is 0. The Morgan fingerprint density at radius 1 is 1.17 bits per heavy atom. The molecule has 1 heterocycles. The van der Waals surface area contributed by atoms with Gasteiger partial charge in [-0.1, -0.05) is 18.2 Å². The topological polar surface area (TPSA) is 71.3 Å². The molecule has 29 heavy (non-hydrogen) atoms. The summed E-state index contributed by atoms with van der Waals surface area (Å²) in [5, 5.41) is 6.72. The number of aliphatic imine (C=N–C) groups is 1. The molecule has 2 aromatic rings. The number of rotatable bonds is 11. The maximum absolute atomic E-state index is 5.59. The zero-order valence-electron chi connectivity index (χ0n) is 17.7. The van der Waals surface area contributed by atoms with Gasteiger partial charge in [-0.15, -0.1) is 24.0 Å². The van der Waals surface area contributed by atoms with E-state index in [1.54, 1.807) is 20.4 Å². The predicted molar refractivity (Wildman–Crippen MR) is 127 cm³/mol. The van der Waals surface area contributed by atoms with E-state index in [2.05, 4.69) is 40.7 Å². The van der Waals surface area contributed by atoms with Gasteiger partial charge in [0.1, 0.15) is 18.1 Å². The van der Waals surface area contributed by atoms with Gasteiger partial charge in [0.2, 0.25) is 0 Å². The van der Waals surface area contributed by atoms with E-state index in [0.29, 0.717) is 19.8 Å². The van der Waals surface area contributed by atoms with Gasteiger partial charge in [0.25, 0.3) is 0 Å². The lowest BCUT2D eigenvalue weighted by Gasteiger charge is -2.27. The third-order valence-corrected chi connectivity index (χ3v) is 4.39. The minimum atomic E-state index is 0. The van der Waals surface area contributed by atoms with Gasteiger partial charge in [0.15, 0.2) is 5.96 Å². The number of methoxy groups -OCH3 is 1. The molecule has 2 rings (SSSR count). The Morgan fingerprint density at radius 2 is 1.97 bits per heavy atom. The number of nitrogens with one attached hydrogen (secondary N) is 2. The van der Waals surface area contributed by atoms with E-state index in [4.69, 9.17) is 13.9 Å². The molecule has 8 heteroatoms. The van der Waals surface area contributed by atoms with Crippen molar-refractivity contribution in [1.82, 2.24) is 15.5 Å². The van der Waals surface area contributed by atoms with Crippen molar-refractivity contribution in [1.29, 1.82) is 0 Å². The summed E-state index contributed by atoms with van der Waals surface area (Å²) in [6, 6.07) is 12.0. The summed E-state index contributed by atoms with van der Waals surface area (Å²) < 4.78 is 16.3. The Balaban J connectivity index is 0.00000420. The summed E-state index contributed by atoms with van der Waals surface area (Å²) in [6.07, 6.45) is 2.53. The second-order valence-electron chi connectivity index (χ2n) is 6.59. The summed E-state index contributed by atoms with van der Waals surface area (Å²) in [5.74, 6) is 2.50. The maximum Gasteiger partial charge on any atom is 0.191 e. The van der Waals surface area contributed by atoms with Crippen LogP contribution in [-0.2, 0) is 11.3 Å². The van der Waals surface area contributed by atoms with Crippen molar-refractivity contribution in [2.45, 2.75) is 19.1 Å². The summed E-state index contributed by atoms with van der Waals surface area (Å²) in [5.41, 5.74) is 1.14. The van der Waals surface area contributed by atoms with E-state index in [1.807, 2.05) is 30.3 Å². The van der Waals surface area contributed by atoms with Gasteiger partial charge in [0, 0.05) is 32.3 Å². The van der Waals surface area contributed by atoms with E-state index in [9.17, 15) is 0 Å². The first-order valence-corrected chi connectivity index (χ1v) is 9.49. The van der Waals surface area contributed by atoms with Gasteiger partial charge < -0.3 is 29.4 Å². The Hall–Kier alpha value is -1.78. The molecule has 1 aromatic carbocycles. The smallest absolute Gasteiger partial charge is 0.191 e. The third kappa shape index (κ3) is 8.63. The maximum atomic E-state index is 5.59. The predicted octanol–water partition coefficient (Wildman–Crippen LogP) is 3.28. The molecular weight excluding hydrogens is 483 g/mol. The molecule has 0 saturated carbocycles. The largest absolute Gasteiger partial charge is 0.496 e. The Bertz CT molecular complexity index is 708. The van der Waals surface area contributed by atoms with Gasteiger partial charge in [0.05, 0.1) is 19.4 Å². The number of nitrogens with zero attached hydrogens (tertiary/aromatic N) is 2.